The summed E-state index contributed by atoms with van der Waals surface area (Å²) < 4.78 is 21.0. The molecule has 0 N–H and O–H groups in total. The van der Waals surface area contributed by atoms with Gasteiger partial charge in [0.1, 0.15) is 10.4 Å². The van der Waals surface area contributed by atoms with Gasteiger partial charge in [-0.25, -0.2) is 8.42 Å². The summed E-state index contributed by atoms with van der Waals surface area (Å²) in [4.78, 5) is 13.9. The number of hydrogen-bond acceptors (Lipinski definition) is 5. The Kier molecular flexibility index (Phi) is 2.18. The van der Waals surface area contributed by atoms with Crippen LogP contribution in [-0.4, -0.2) is 18.3 Å². The maximum atomic E-state index is 11.0. The van der Waals surface area contributed by atoms with Crippen LogP contribution in [0.5, 0.6) is 0 Å². The molecule has 7 heteroatoms. The first kappa shape index (κ1) is 10.0. The Hall–Kier alpha value is -1.50. The zero-order chi connectivity index (χ0) is 11.1. The van der Waals surface area contributed by atoms with Crippen LogP contribution in [0.3, 0.4) is 0 Å². The standard InChI is InChI=1S/C8H8N2O4S/c11-10(12)6-2-1-5-9-7(6)8(3-4-8)15(13)14/h1-2,5,15H,3-4H2. The van der Waals surface area contributed by atoms with Crippen LogP contribution in [-0.2, 0) is 15.5 Å². The summed E-state index contributed by atoms with van der Waals surface area (Å²) in [7, 11) is -2.72. The average Bonchev–Trinajstić information content (AvgIpc) is 2.98. The molecule has 0 atom stereocenters. The number of hydrogen-bond donors (Lipinski definition) is 1. The molecular formula is C8H8N2O4S. The van der Waals surface area contributed by atoms with Gasteiger partial charge in [0, 0.05) is 12.3 Å². The lowest BCUT2D eigenvalue weighted by molar-refractivity contribution is -0.386. The normalized spacial score (nSPS) is 17.7. The fourth-order valence-corrected chi connectivity index (χ4v) is 2.35. The summed E-state index contributed by atoms with van der Waals surface area (Å²) in [5, 5.41) is 10.7. The summed E-state index contributed by atoms with van der Waals surface area (Å²) in [6, 6.07) is 2.71. The Balaban J connectivity index is 2.58. The fraction of sp³-hybridized carbons (Fsp3) is 0.375. The number of rotatable bonds is 3. The molecule has 1 aromatic rings. The highest BCUT2D eigenvalue weighted by molar-refractivity contribution is 7.74. The summed E-state index contributed by atoms with van der Waals surface area (Å²) in [5.74, 6) is 0. The smallest absolute Gasteiger partial charge is 0.258 e. The van der Waals surface area contributed by atoms with Crippen LogP contribution < -0.4 is 0 Å². The predicted molar refractivity (Wildman–Crippen MR) is 52.1 cm³/mol. The number of nitro groups is 1. The molecule has 0 bridgehead atoms. The van der Waals surface area contributed by atoms with E-state index in [1.165, 1.54) is 18.3 Å². The lowest BCUT2D eigenvalue weighted by Crippen LogP contribution is -2.13. The van der Waals surface area contributed by atoms with E-state index in [9.17, 15) is 18.5 Å². The molecule has 80 valence electrons. The molecule has 2 rings (SSSR count). The fourth-order valence-electron chi connectivity index (χ4n) is 1.53. The van der Waals surface area contributed by atoms with Gasteiger partial charge in [-0.05, 0) is 18.9 Å². The second-order valence-electron chi connectivity index (χ2n) is 3.42. The number of nitrogens with zero attached hydrogens (tertiary/aromatic N) is 2. The zero-order valence-electron chi connectivity index (χ0n) is 7.62. The molecule has 1 fully saturated rings. The molecule has 15 heavy (non-hydrogen) atoms. The lowest BCUT2D eigenvalue weighted by Gasteiger charge is -2.06. The van der Waals surface area contributed by atoms with E-state index in [1.807, 2.05) is 0 Å². The van der Waals surface area contributed by atoms with Gasteiger partial charge < -0.3 is 0 Å². The quantitative estimate of drug-likeness (QED) is 0.464. The van der Waals surface area contributed by atoms with Crippen LogP contribution in [0, 0.1) is 10.1 Å². The van der Waals surface area contributed by atoms with E-state index in [4.69, 9.17) is 0 Å². The molecule has 0 unspecified atom stereocenters. The van der Waals surface area contributed by atoms with Crippen molar-refractivity contribution in [1.29, 1.82) is 0 Å². The van der Waals surface area contributed by atoms with Crippen molar-refractivity contribution in [2.45, 2.75) is 17.6 Å². The Labute approximate surface area is 87.1 Å². The van der Waals surface area contributed by atoms with Crippen molar-refractivity contribution in [3.05, 3.63) is 34.1 Å². The van der Waals surface area contributed by atoms with Crippen LogP contribution in [0.1, 0.15) is 18.5 Å². The average molecular weight is 228 g/mol. The Bertz CT molecular complexity index is 485. The van der Waals surface area contributed by atoms with Gasteiger partial charge in [0.25, 0.3) is 5.69 Å². The van der Waals surface area contributed by atoms with Crippen molar-refractivity contribution in [3.63, 3.8) is 0 Å². The highest BCUT2D eigenvalue weighted by atomic mass is 32.2. The molecule has 6 nitrogen and oxygen atoms in total. The minimum atomic E-state index is -2.72. The van der Waals surface area contributed by atoms with E-state index in [-0.39, 0.29) is 11.4 Å². The summed E-state index contributed by atoms with van der Waals surface area (Å²) in [6.45, 7) is 0. The molecule has 0 aromatic carbocycles. The molecule has 1 saturated carbocycles. The second kappa shape index (κ2) is 3.27. The van der Waals surface area contributed by atoms with Gasteiger partial charge in [-0.2, -0.15) is 0 Å². The highest BCUT2D eigenvalue weighted by Gasteiger charge is 2.53. The van der Waals surface area contributed by atoms with Crippen molar-refractivity contribution in [1.82, 2.24) is 4.98 Å². The zero-order valence-corrected chi connectivity index (χ0v) is 8.52. The summed E-state index contributed by atoms with van der Waals surface area (Å²) in [6.07, 6.45) is 2.22. The van der Waals surface area contributed by atoms with E-state index < -0.39 is 20.4 Å². The van der Waals surface area contributed by atoms with Gasteiger partial charge >= 0.3 is 0 Å². The maximum absolute atomic E-state index is 11.0. The number of thiol groups is 1. The molecule has 1 heterocycles. The van der Waals surface area contributed by atoms with Gasteiger partial charge in [-0.1, -0.05) is 0 Å². The largest absolute Gasteiger partial charge is 0.292 e. The molecule has 0 saturated heterocycles. The van der Waals surface area contributed by atoms with Crippen LogP contribution in [0.25, 0.3) is 0 Å². The van der Waals surface area contributed by atoms with Crippen LogP contribution >= 0.6 is 0 Å². The van der Waals surface area contributed by atoms with E-state index in [0.29, 0.717) is 12.8 Å². The molecule has 0 spiro atoms. The molecule has 1 aliphatic rings. The predicted octanol–water partition coefficient (Wildman–Crippen LogP) is 0.590. The van der Waals surface area contributed by atoms with Crippen LogP contribution in [0.15, 0.2) is 18.3 Å². The molecule has 0 amide bonds. The first-order valence-electron chi connectivity index (χ1n) is 4.32. The lowest BCUT2D eigenvalue weighted by atomic mass is 10.2. The van der Waals surface area contributed by atoms with Crippen LogP contribution in [0.4, 0.5) is 5.69 Å². The molecule has 1 aromatic heterocycles. The van der Waals surface area contributed by atoms with Crippen molar-refractivity contribution in [2.75, 3.05) is 0 Å². The monoisotopic (exact) mass is 228 g/mol. The topological polar surface area (TPSA) is 90.2 Å². The molecule has 0 radical (unpaired) electrons. The molecule has 0 aliphatic heterocycles. The first-order chi connectivity index (χ1) is 7.08. The van der Waals surface area contributed by atoms with Crippen molar-refractivity contribution >= 4 is 16.4 Å². The van der Waals surface area contributed by atoms with E-state index in [1.54, 1.807) is 0 Å². The molecular weight excluding hydrogens is 220 g/mol. The summed E-state index contributed by atoms with van der Waals surface area (Å²) >= 11 is 0. The third kappa shape index (κ3) is 1.48. The van der Waals surface area contributed by atoms with E-state index in [2.05, 4.69) is 4.98 Å². The third-order valence-corrected chi connectivity index (χ3v) is 3.85. The van der Waals surface area contributed by atoms with Gasteiger partial charge in [-0.15, -0.1) is 0 Å². The van der Waals surface area contributed by atoms with Crippen molar-refractivity contribution in [2.24, 2.45) is 0 Å². The molecule has 1 aliphatic carbocycles. The SMILES string of the molecule is O=[N+]([O-])c1cccnc1C1([SH](=O)=O)CC1. The van der Waals surface area contributed by atoms with Crippen LogP contribution in [0.2, 0.25) is 0 Å². The Morgan fingerprint density at radius 3 is 2.60 bits per heavy atom. The van der Waals surface area contributed by atoms with Gasteiger partial charge in [0.2, 0.25) is 0 Å². The number of aromatic nitrogens is 1. The highest BCUT2D eigenvalue weighted by Crippen LogP contribution is 2.50. The van der Waals surface area contributed by atoms with E-state index in [0.717, 1.165) is 0 Å². The van der Waals surface area contributed by atoms with Gasteiger partial charge in [0.15, 0.2) is 10.7 Å². The minimum Gasteiger partial charge on any atom is -0.258 e. The van der Waals surface area contributed by atoms with Crippen molar-refractivity contribution < 1.29 is 13.3 Å². The Morgan fingerprint density at radius 1 is 1.47 bits per heavy atom. The first-order valence-corrected chi connectivity index (χ1v) is 5.50. The number of pyridine rings is 1. The van der Waals surface area contributed by atoms with E-state index >= 15 is 0 Å². The van der Waals surface area contributed by atoms with Gasteiger partial charge in [-0.3, -0.25) is 15.1 Å². The second-order valence-corrected chi connectivity index (χ2v) is 4.79. The Morgan fingerprint density at radius 2 is 2.13 bits per heavy atom. The van der Waals surface area contributed by atoms with Crippen molar-refractivity contribution in [3.8, 4) is 0 Å². The third-order valence-electron chi connectivity index (χ3n) is 2.50. The maximum Gasteiger partial charge on any atom is 0.292 e. The minimum absolute atomic E-state index is 0.0751. The summed E-state index contributed by atoms with van der Waals surface area (Å²) in [5.41, 5.74) is -0.139. The van der Waals surface area contributed by atoms with Gasteiger partial charge in [0.05, 0.1) is 4.92 Å².